The molecule has 0 aromatic rings. The van der Waals surface area contributed by atoms with E-state index >= 15 is 0 Å². The van der Waals surface area contributed by atoms with Gasteiger partial charge >= 0.3 is 0 Å². The first-order chi connectivity index (χ1) is 6.43. The van der Waals surface area contributed by atoms with Crippen molar-refractivity contribution in [3.63, 3.8) is 0 Å². The predicted molar refractivity (Wildman–Crippen MR) is 54.5 cm³/mol. The molecule has 1 rings (SSSR count). The SMILES string of the molecule is C=CN1CCC(C)(C(=O)C(C)C)C1=O. The molecule has 0 bridgehead atoms. The van der Waals surface area contributed by atoms with Gasteiger partial charge in [-0.1, -0.05) is 20.4 Å². The van der Waals surface area contributed by atoms with Crippen LogP contribution in [-0.4, -0.2) is 23.1 Å². The van der Waals surface area contributed by atoms with E-state index in [9.17, 15) is 9.59 Å². The van der Waals surface area contributed by atoms with Crippen LogP contribution in [0.3, 0.4) is 0 Å². The van der Waals surface area contributed by atoms with Crippen molar-refractivity contribution in [1.82, 2.24) is 4.90 Å². The number of carbonyl (C=O) groups excluding carboxylic acids is 2. The van der Waals surface area contributed by atoms with E-state index in [0.717, 1.165) is 0 Å². The summed E-state index contributed by atoms with van der Waals surface area (Å²) in [5, 5.41) is 0. The van der Waals surface area contributed by atoms with Crippen molar-refractivity contribution in [1.29, 1.82) is 0 Å². The van der Waals surface area contributed by atoms with Crippen molar-refractivity contribution in [2.45, 2.75) is 27.2 Å². The second-order valence-electron chi connectivity index (χ2n) is 4.28. The van der Waals surface area contributed by atoms with Crippen LogP contribution in [0, 0.1) is 11.3 Å². The van der Waals surface area contributed by atoms with Crippen LogP contribution in [0.25, 0.3) is 0 Å². The summed E-state index contributed by atoms with van der Waals surface area (Å²) in [6.07, 6.45) is 2.11. The largest absolute Gasteiger partial charge is 0.319 e. The molecule has 1 unspecified atom stereocenters. The quantitative estimate of drug-likeness (QED) is 0.641. The molecule has 1 aliphatic rings. The lowest BCUT2D eigenvalue weighted by atomic mass is 9.79. The molecule has 0 spiro atoms. The lowest BCUT2D eigenvalue weighted by Crippen LogP contribution is -2.38. The molecule has 3 heteroatoms. The highest BCUT2D eigenvalue weighted by atomic mass is 16.2. The van der Waals surface area contributed by atoms with E-state index in [1.165, 1.54) is 11.1 Å². The van der Waals surface area contributed by atoms with Crippen molar-refractivity contribution in [3.8, 4) is 0 Å². The summed E-state index contributed by atoms with van der Waals surface area (Å²) >= 11 is 0. The summed E-state index contributed by atoms with van der Waals surface area (Å²) in [6.45, 7) is 9.56. The van der Waals surface area contributed by atoms with Gasteiger partial charge in [0, 0.05) is 12.5 Å². The van der Waals surface area contributed by atoms with Gasteiger partial charge in [-0.25, -0.2) is 0 Å². The Labute approximate surface area is 84.8 Å². The first kappa shape index (κ1) is 11.0. The van der Waals surface area contributed by atoms with E-state index in [2.05, 4.69) is 6.58 Å². The summed E-state index contributed by atoms with van der Waals surface area (Å²) in [4.78, 5) is 25.2. The van der Waals surface area contributed by atoms with E-state index in [1.54, 1.807) is 6.92 Å². The van der Waals surface area contributed by atoms with E-state index in [4.69, 9.17) is 0 Å². The number of Topliss-reactive ketones (excluding diaryl/α,β-unsaturated/α-hetero) is 1. The maximum absolute atomic E-state index is 11.9. The van der Waals surface area contributed by atoms with Gasteiger partial charge in [0.05, 0.1) is 0 Å². The maximum Gasteiger partial charge on any atom is 0.239 e. The normalized spacial score (nSPS) is 27.1. The Balaban J connectivity index is 2.92. The first-order valence-corrected chi connectivity index (χ1v) is 4.91. The van der Waals surface area contributed by atoms with Gasteiger partial charge in [-0.3, -0.25) is 9.59 Å². The van der Waals surface area contributed by atoms with Gasteiger partial charge in [0.15, 0.2) is 5.78 Å². The zero-order chi connectivity index (χ0) is 10.9. The highest BCUT2D eigenvalue weighted by Gasteiger charge is 2.48. The summed E-state index contributed by atoms with van der Waals surface area (Å²) in [5.74, 6) is -0.160. The van der Waals surface area contributed by atoms with Crippen molar-refractivity contribution in [2.24, 2.45) is 11.3 Å². The van der Waals surface area contributed by atoms with Gasteiger partial charge < -0.3 is 4.90 Å². The Morgan fingerprint density at radius 1 is 1.64 bits per heavy atom. The third-order valence-electron chi connectivity index (χ3n) is 2.87. The monoisotopic (exact) mass is 195 g/mol. The van der Waals surface area contributed by atoms with Gasteiger partial charge in [0.1, 0.15) is 5.41 Å². The molecular weight excluding hydrogens is 178 g/mol. The molecule has 0 N–H and O–H groups in total. The highest BCUT2D eigenvalue weighted by molar-refractivity contribution is 6.07. The van der Waals surface area contributed by atoms with Gasteiger partial charge in [-0.2, -0.15) is 0 Å². The smallest absolute Gasteiger partial charge is 0.239 e. The molecule has 3 nitrogen and oxygen atoms in total. The standard InChI is InChI=1S/C11H17NO2/c1-5-12-7-6-11(4,10(12)14)9(13)8(2)3/h5,8H,1,6-7H2,2-4H3. The highest BCUT2D eigenvalue weighted by Crippen LogP contribution is 2.34. The second-order valence-corrected chi connectivity index (χ2v) is 4.28. The number of ketones is 1. The average Bonchev–Trinajstić information content (AvgIpc) is 2.43. The van der Waals surface area contributed by atoms with E-state index in [0.29, 0.717) is 13.0 Å². The number of rotatable bonds is 3. The number of nitrogens with zero attached hydrogens (tertiary/aromatic N) is 1. The van der Waals surface area contributed by atoms with Crippen molar-refractivity contribution >= 4 is 11.7 Å². The van der Waals surface area contributed by atoms with E-state index in [1.807, 2.05) is 13.8 Å². The predicted octanol–water partition coefficient (Wildman–Crippen LogP) is 1.59. The molecule has 1 amide bonds. The molecule has 1 aliphatic heterocycles. The molecule has 0 aromatic heterocycles. The molecule has 1 fully saturated rings. The Morgan fingerprint density at radius 2 is 2.21 bits per heavy atom. The van der Waals surface area contributed by atoms with Crippen LogP contribution in [0.4, 0.5) is 0 Å². The van der Waals surface area contributed by atoms with Crippen molar-refractivity contribution < 1.29 is 9.59 Å². The van der Waals surface area contributed by atoms with Gasteiger partial charge in [0.2, 0.25) is 5.91 Å². The maximum atomic E-state index is 11.9. The number of hydrogen-bond acceptors (Lipinski definition) is 2. The molecule has 1 saturated heterocycles. The first-order valence-electron chi connectivity index (χ1n) is 4.91. The number of amides is 1. The molecule has 1 atom stereocenters. The van der Waals surface area contributed by atoms with Crippen LogP contribution in [0.1, 0.15) is 27.2 Å². The molecule has 0 radical (unpaired) electrons. The summed E-state index contributed by atoms with van der Waals surface area (Å²) in [6, 6.07) is 0. The van der Waals surface area contributed by atoms with Gasteiger partial charge in [-0.05, 0) is 19.5 Å². The zero-order valence-electron chi connectivity index (χ0n) is 9.04. The third kappa shape index (κ3) is 1.47. The molecule has 1 heterocycles. The number of likely N-dealkylation sites (tertiary alicyclic amines) is 1. The fourth-order valence-electron chi connectivity index (χ4n) is 1.91. The van der Waals surface area contributed by atoms with Crippen molar-refractivity contribution in [3.05, 3.63) is 12.8 Å². The second kappa shape index (κ2) is 3.56. The van der Waals surface area contributed by atoms with E-state index in [-0.39, 0.29) is 17.6 Å². The zero-order valence-corrected chi connectivity index (χ0v) is 9.04. The molecule has 0 aromatic carbocycles. The average molecular weight is 195 g/mol. The Kier molecular flexibility index (Phi) is 2.79. The number of hydrogen-bond donors (Lipinski definition) is 0. The van der Waals surface area contributed by atoms with Crippen LogP contribution in [0.15, 0.2) is 12.8 Å². The fraction of sp³-hybridized carbons (Fsp3) is 0.636. The van der Waals surface area contributed by atoms with Crippen LogP contribution >= 0.6 is 0 Å². The van der Waals surface area contributed by atoms with Crippen LogP contribution in [0.5, 0.6) is 0 Å². The molecule has 14 heavy (non-hydrogen) atoms. The molecular formula is C11H17NO2. The lowest BCUT2D eigenvalue weighted by Gasteiger charge is -2.22. The van der Waals surface area contributed by atoms with Gasteiger partial charge in [-0.15, -0.1) is 0 Å². The van der Waals surface area contributed by atoms with Gasteiger partial charge in [0.25, 0.3) is 0 Å². The van der Waals surface area contributed by atoms with Crippen LogP contribution in [-0.2, 0) is 9.59 Å². The lowest BCUT2D eigenvalue weighted by molar-refractivity contribution is -0.143. The van der Waals surface area contributed by atoms with Crippen LogP contribution in [0.2, 0.25) is 0 Å². The summed E-state index contributed by atoms with van der Waals surface area (Å²) in [7, 11) is 0. The summed E-state index contributed by atoms with van der Waals surface area (Å²) in [5.41, 5.74) is -0.817. The topological polar surface area (TPSA) is 37.4 Å². The Hall–Kier alpha value is -1.12. The van der Waals surface area contributed by atoms with Crippen LogP contribution < -0.4 is 0 Å². The minimum absolute atomic E-state index is 0.0341. The minimum Gasteiger partial charge on any atom is -0.319 e. The Bertz CT molecular complexity index is 283. The fourth-order valence-corrected chi connectivity index (χ4v) is 1.91. The third-order valence-corrected chi connectivity index (χ3v) is 2.87. The summed E-state index contributed by atoms with van der Waals surface area (Å²) < 4.78 is 0. The minimum atomic E-state index is -0.817. The van der Waals surface area contributed by atoms with E-state index < -0.39 is 5.41 Å². The molecule has 0 saturated carbocycles. The Morgan fingerprint density at radius 3 is 2.57 bits per heavy atom. The molecule has 0 aliphatic carbocycles. The molecule has 78 valence electrons. The van der Waals surface area contributed by atoms with Crippen molar-refractivity contribution in [2.75, 3.05) is 6.54 Å². The number of carbonyl (C=O) groups is 2.